The molecule has 1 aliphatic rings. The number of aliphatic hydroxyl groups is 3. The summed E-state index contributed by atoms with van der Waals surface area (Å²) in [5.74, 6) is -2.79. The molecule has 3 heterocycles. The molecule has 5 N–H and O–H groups in total. The number of hydrogen-bond donors (Lipinski definition) is 4. The molecular formula is C11H13F2N5O4. The van der Waals surface area contributed by atoms with Gasteiger partial charge in [0.25, 0.3) is 0 Å². The lowest BCUT2D eigenvalue weighted by atomic mass is 9.96. The molecule has 1 saturated heterocycles. The van der Waals surface area contributed by atoms with Gasteiger partial charge in [0, 0.05) is 0 Å². The second kappa shape index (κ2) is 4.78. The Kier molecular flexibility index (Phi) is 3.25. The zero-order valence-corrected chi connectivity index (χ0v) is 11.1. The van der Waals surface area contributed by atoms with E-state index in [9.17, 15) is 24.1 Å². The van der Waals surface area contributed by atoms with Crippen molar-refractivity contribution in [3.8, 4) is 0 Å². The van der Waals surface area contributed by atoms with Crippen molar-refractivity contribution in [3.05, 3.63) is 18.2 Å². The third kappa shape index (κ3) is 1.73. The third-order valence-electron chi connectivity index (χ3n) is 3.74. The van der Waals surface area contributed by atoms with Gasteiger partial charge in [-0.3, -0.25) is 0 Å². The smallest absolute Gasteiger partial charge is 0.247 e. The Balaban J connectivity index is 2.15. The topological polar surface area (TPSA) is 139 Å². The number of imidazole rings is 1. The van der Waals surface area contributed by atoms with Crippen LogP contribution in [0.25, 0.3) is 5.65 Å². The number of anilines is 1. The lowest BCUT2D eigenvalue weighted by molar-refractivity contribution is -0.261. The molecule has 0 spiro atoms. The van der Waals surface area contributed by atoms with Gasteiger partial charge in [-0.1, -0.05) is 0 Å². The lowest BCUT2D eigenvalue weighted by Gasteiger charge is -2.28. The first-order valence-electron chi connectivity index (χ1n) is 6.26. The number of hydrogen-bond acceptors (Lipinski definition) is 8. The second-order valence-electron chi connectivity index (χ2n) is 5.03. The maximum absolute atomic E-state index is 14.4. The Labute approximate surface area is 122 Å². The van der Waals surface area contributed by atoms with E-state index >= 15 is 0 Å². The van der Waals surface area contributed by atoms with E-state index in [1.165, 1.54) is 0 Å². The number of halogens is 2. The number of fused-ring (bicyclic) bond motifs is 1. The molecule has 0 bridgehead atoms. The summed E-state index contributed by atoms with van der Waals surface area (Å²) in [5, 5.41) is 33.3. The molecule has 1 fully saturated rings. The summed E-state index contributed by atoms with van der Waals surface area (Å²) in [7, 11) is 0. The van der Waals surface area contributed by atoms with Crippen LogP contribution in [0.2, 0.25) is 0 Å². The molecule has 0 amide bonds. The van der Waals surface area contributed by atoms with Gasteiger partial charge in [-0.2, -0.15) is 5.10 Å². The van der Waals surface area contributed by atoms with Crippen LogP contribution < -0.4 is 5.73 Å². The van der Waals surface area contributed by atoms with E-state index in [0.29, 0.717) is 0 Å². The fraction of sp³-hybridized carbons (Fsp3) is 0.545. The highest BCUT2D eigenvalue weighted by Gasteiger charge is 2.65. The van der Waals surface area contributed by atoms with Crippen molar-refractivity contribution in [3.63, 3.8) is 0 Å². The van der Waals surface area contributed by atoms with Crippen LogP contribution in [-0.4, -0.2) is 66.1 Å². The molecule has 0 unspecified atom stereocenters. The van der Waals surface area contributed by atoms with Crippen LogP contribution in [0.4, 0.5) is 14.6 Å². The minimum Gasteiger partial charge on any atom is -0.393 e. The van der Waals surface area contributed by atoms with Crippen molar-refractivity contribution < 1.29 is 28.8 Å². The van der Waals surface area contributed by atoms with Gasteiger partial charge >= 0.3 is 0 Å². The second-order valence-corrected chi connectivity index (χ2v) is 5.03. The van der Waals surface area contributed by atoms with Gasteiger partial charge in [0.15, 0.2) is 23.2 Å². The first kappa shape index (κ1) is 15.0. The Morgan fingerprint density at radius 1 is 1.45 bits per heavy atom. The predicted molar refractivity (Wildman–Crippen MR) is 66.9 cm³/mol. The summed E-state index contributed by atoms with van der Waals surface area (Å²) >= 11 is 0. The summed E-state index contributed by atoms with van der Waals surface area (Å²) in [5.41, 5.74) is 3.01. The number of aliphatic hydroxyl groups excluding tert-OH is 2. The highest BCUT2D eigenvalue weighted by atomic mass is 19.1. The summed E-state index contributed by atoms with van der Waals surface area (Å²) in [6, 6.07) is 0. The Hall–Kier alpha value is -1.95. The van der Waals surface area contributed by atoms with Crippen LogP contribution >= 0.6 is 0 Å². The Morgan fingerprint density at radius 3 is 2.77 bits per heavy atom. The lowest BCUT2D eigenvalue weighted by Crippen LogP contribution is -2.47. The van der Waals surface area contributed by atoms with Crippen molar-refractivity contribution in [2.75, 3.05) is 19.0 Å². The van der Waals surface area contributed by atoms with Crippen molar-refractivity contribution in [2.24, 2.45) is 0 Å². The van der Waals surface area contributed by atoms with Gasteiger partial charge < -0.3 is 25.8 Å². The fourth-order valence-electron chi connectivity index (χ4n) is 2.45. The zero-order chi connectivity index (χ0) is 16.1. The Bertz CT molecular complexity index is 709. The van der Waals surface area contributed by atoms with Gasteiger partial charge in [-0.15, -0.1) is 0 Å². The number of nitrogens with zero attached hydrogens (tertiary/aromatic N) is 4. The van der Waals surface area contributed by atoms with Crippen LogP contribution in [-0.2, 0) is 10.5 Å². The van der Waals surface area contributed by atoms with E-state index in [1.54, 1.807) is 0 Å². The highest BCUT2D eigenvalue weighted by molar-refractivity contribution is 5.59. The molecule has 120 valence electrons. The molecule has 0 aromatic carbocycles. The number of alkyl halides is 2. The molecule has 3 rings (SSSR count). The molecule has 22 heavy (non-hydrogen) atoms. The third-order valence-corrected chi connectivity index (χ3v) is 3.74. The molecule has 0 radical (unpaired) electrons. The molecule has 1 aliphatic heterocycles. The highest BCUT2D eigenvalue weighted by Crippen LogP contribution is 2.45. The normalized spacial score (nSPS) is 35.3. The number of rotatable bonds is 3. The van der Waals surface area contributed by atoms with E-state index < -0.39 is 36.9 Å². The van der Waals surface area contributed by atoms with Crippen molar-refractivity contribution in [1.82, 2.24) is 19.6 Å². The Morgan fingerprint density at radius 2 is 2.18 bits per heavy atom. The summed E-state index contributed by atoms with van der Waals surface area (Å²) in [6.45, 7) is -2.43. The average molecular weight is 317 g/mol. The molecule has 9 nitrogen and oxygen atoms in total. The van der Waals surface area contributed by atoms with Gasteiger partial charge in [-0.05, 0) is 0 Å². The number of nitrogens with two attached hydrogens (primary N) is 1. The van der Waals surface area contributed by atoms with Crippen LogP contribution in [0, 0.1) is 0 Å². The molecule has 2 aromatic heterocycles. The molecule has 2 aromatic rings. The molecule has 11 heteroatoms. The number of aromatic nitrogens is 4. The fourth-order valence-corrected chi connectivity index (χ4v) is 2.45. The van der Waals surface area contributed by atoms with Crippen LogP contribution in [0.3, 0.4) is 0 Å². The maximum atomic E-state index is 14.4. The standard InChI is InChI=1S/C11H13F2N5O4/c12-2-10(3-19)7(20)6(13)11(21,22-10)5-1-15-9-8(14)16-4-17-18(5)9/h1,4,6-7,19-21H,2-3H2,(H2,14,16,17)/t6-,7+,10-,11+/m1/s1. The summed E-state index contributed by atoms with van der Waals surface area (Å²) < 4.78 is 33.5. The summed E-state index contributed by atoms with van der Waals surface area (Å²) in [6.07, 6.45) is -2.46. The van der Waals surface area contributed by atoms with E-state index in [4.69, 9.17) is 10.5 Å². The van der Waals surface area contributed by atoms with Gasteiger partial charge in [-0.25, -0.2) is 23.3 Å². The number of ether oxygens (including phenoxy) is 1. The monoisotopic (exact) mass is 317 g/mol. The SMILES string of the molecule is Nc1ncnn2c([C@]3(O)O[C@@](CO)(CF)[C@@H](O)[C@H]3F)cnc12. The average Bonchev–Trinajstić information content (AvgIpc) is 3.04. The van der Waals surface area contributed by atoms with E-state index in [0.717, 1.165) is 17.0 Å². The molecule has 0 aliphatic carbocycles. The van der Waals surface area contributed by atoms with Crippen molar-refractivity contribution in [2.45, 2.75) is 23.7 Å². The number of nitrogen functional groups attached to an aromatic ring is 1. The largest absolute Gasteiger partial charge is 0.393 e. The predicted octanol–water partition coefficient (Wildman–Crippen LogP) is -1.72. The first-order valence-corrected chi connectivity index (χ1v) is 6.26. The van der Waals surface area contributed by atoms with Gasteiger partial charge in [0.05, 0.1) is 12.8 Å². The molecular weight excluding hydrogens is 304 g/mol. The quantitative estimate of drug-likeness (QED) is 0.524. The maximum Gasteiger partial charge on any atom is 0.247 e. The molecule has 0 saturated carbocycles. The zero-order valence-electron chi connectivity index (χ0n) is 11.1. The minimum atomic E-state index is -2.76. The van der Waals surface area contributed by atoms with E-state index in [2.05, 4.69) is 15.1 Å². The van der Waals surface area contributed by atoms with Crippen LogP contribution in [0.1, 0.15) is 5.69 Å². The van der Waals surface area contributed by atoms with Crippen LogP contribution in [0.15, 0.2) is 12.5 Å². The minimum absolute atomic E-state index is 0.0259. The first-order chi connectivity index (χ1) is 10.4. The van der Waals surface area contributed by atoms with E-state index in [-0.39, 0.29) is 17.2 Å². The van der Waals surface area contributed by atoms with Crippen molar-refractivity contribution in [1.29, 1.82) is 0 Å². The van der Waals surface area contributed by atoms with Gasteiger partial charge in [0.1, 0.15) is 24.8 Å². The summed E-state index contributed by atoms with van der Waals surface area (Å²) in [4.78, 5) is 7.52. The van der Waals surface area contributed by atoms with E-state index in [1.807, 2.05) is 0 Å². The van der Waals surface area contributed by atoms with Gasteiger partial charge in [0.2, 0.25) is 5.79 Å². The van der Waals surface area contributed by atoms with Crippen molar-refractivity contribution >= 4 is 11.5 Å². The molecule has 4 atom stereocenters. The van der Waals surface area contributed by atoms with Crippen LogP contribution in [0.5, 0.6) is 0 Å².